The van der Waals surface area contributed by atoms with E-state index in [1.807, 2.05) is 50.2 Å². The molecule has 178 valence electrons. The fraction of sp³-hybridized carbons (Fsp3) is 0.115. The first-order chi connectivity index (χ1) is 16.6. The summed E-state index contributed by atoms with van der Waals surface area (Å²) >= 11 is 7.76. The van der Waals surface area contributed by atoms with Crippen molar-refractivity contribution in [2.24, 2.45) is 0 Å². The summed E-state index contributed by atoms with van der Waals surface area (Å²) < 4.78 is 8.59. The van der Waals surface area contributed by atoms with Crippen LogP contribution >= 0.6 is 61.1 Å². The number of aryl methyl sites for hydroxylation is 2. The van der Waals surface area contributed by atoms with Crippen molar-refractivity contribution in [3.63, 3.8) is 0 Å². The molecule has 1 heterocycles. The molecule has 0 atom stereocenters. The van der Waals surface area contributed by atoms with Gasteiger partial charge in [-0.1, -0.05) is 45.8 Å². The zero-order valence-corrected chi connectivity index (χ0v) is 24.6. The molecule has 0 aromatic heterocycles. The molecule has 0 aliphatic carbocycles. The van der Waals surface area contributed by atoms with Crippen LogP contribution in [0.4, 0.5) is 10.5 Å². The number of nitrogens with one attached hydrogen (secondary N) is 1. The van der Waals surface area contributed by atoms with Crippen LogP contribution in [-0.2, 0) is 16.2 Å². The van der Waals surface area contributed by atoms with Crippen LogP contribution in [0.25, 0.3) is 6.08 Å². The Kier molecular flexibility index (Phi) is 7.96. The summed E-state index contributed by atoms with van der Waals surface area (Å²) in [6, 6.07) is 16.2. The van der Waals surface area contributed by atoms with Crippen LogP contribution in [0, 0.1) is 21.0 Å². The summed E-state index contributed by atoms with van der Waals surface area (Å²) in [4.78, 5) is 39.2. The molecule has 3 aromatic rings. The van der Waals surface area contributed by atoms with Crippen LogP contribution in [0.15, 0.2) is 64.6 Å². The highest BCUT2D eigenvalue weighted by molar-refractivity contribution is 14.1. The van der Waals surface area contributed by atoms with Gasteiger partial charge in [0.2, 0.25) is 0 Å². The smallest absolute Gasteiger partial charge is 0.335 e. The molecular formula is C26H19BrI2N2O4. The highest BCUT2D eigenvalue weighted by Crippen LogP contribution is 2.32. The maximum atomic E-state index is 13.2. The molecule has 0 spiro atoms. The lowest BCUT2D eigenvalue weighted by molar-refractivity contribution is -0.122. The molecule has 0 unspecified atom stereocenters. The number of nitrogens with zero attached hydrogens (tertiary/aromatic N) is 1. The van der Waals surface area contributed by atoms with E-state index in [0.29, 0.717) is 17.9 Å². The van der Waals surface area contributed by atoms with Gasteiger partial charge in [-0.05, 0) is 112 Å². The molecule has 1 saturated heterocycles. The molecule has 1 aliphatic rings. The van der Waals surface area contributed by atoms with Gasteiger partial charge >= 0.3 is 6.03 Å². The Balaban J connectivity index is 1.61. The van der Waals surface area contributed by atoms with Crippen molar-refractivity contribution in [3.8, 4) is 5.75 Å². The first-order valence-corrected chi connectivity index (χ1v) is 13.4. The molecule has 1 fully saturated rings. The zero-order valence-electron chi connectivity index (χ0n) is 18.7. The second-order valence-corrected chi connectivity index (χ2v) is 11.2. The van der Waals surface area contributed by atoms with E-state index in [1.165, 1.54) is 11.6 Å². The summed E-state index contributed by atoms with van der Waals surface area (Å²) in [5.74, 6) is -0.671. The third-order valence-electron chi connectivity index (χ3n) is 5.34. The minimum Gasteiger partial charge on any atom is -0.487 e. The van der Waals surface area contributed by atoms with Crippen LogP contribution in [0.5, 0.6) is 5.75 Å². The van der Waals surface area contributed by atoms with E-state index in [2.05, 4.69) is 66.4 Å². The van der Waals surface area contributed by atoms with Crippen LogP contribution in [0.3, 0.4) is 0 Å². The lowest BCUT2D eigenvalue weighted by atomic mass is 10.1. The fourth-order valence-corrected chi connectivity index (χ4v) is 5.84. The molecule has 4 rings (SSSR count). The standard InChI is InChI=1S/C26H19BrI2N2O4/c1-14-3-5-16(6-4-14)13-35-23-21(28)11-17(12-22(23)29)10-19-24(32)30-26(34)31(25(19)33)18-7-8-20(27)15(2)9-18/h3-12H,13H2,1-2H3,(H,30,32,34)/b19-10+. The first kappa shape index (κ1) is 25.8. The molecule has 35 heavy (non-hydrogen) atoms. The van der Waals surface area contributed by atoms with E-state index in [0.717, 1.165) is 33.4 Å². The number of benzene rings is 3. The Morgan fingerprint density at radius 2 is 1.63 bits per heavy atom. The minimum atomic E-state index is -0.775. The SMILES string of the molecule is Cc1ccc(COc2c(I)cc(/C=C3\C(=O)NC(=O)N(c4ccc(Br)c(C)c4)C3=O)cc2I)cc1. The maximum Gasteiger partial charge on any atom is 0.335 e. The van der Waals surface area contributed by atoms with E-state index < -0.39 is 17.8 Å². The van der Waals surface area contributed by atoms with E-state index in [9.17, 15) is 14.4 Å². The predicted octanol–water partition coefficient (Wildman–Crippen LogP) is 6.52. The molecular weight excluding hydrogens is 738 g/mol. The van der Waals surface area contributed by atoms with Gasteiger partial charge in [0.15, 0.2) is 0 Å². The molecule has 1 N–H and O–H groups in total. The summed E-state index contributed by atoms with van der Waals surface area (Å²) in [6.45, 7) is 4.32. The highest BCUT2D eigenvalue weighted by atomic mass is 127. The number of carbonyl (C=O) groups is 3. The third kappa shape index (κ3) is 5.78. The summed E-state index contributed by atoms with van der Waals surface area (Å²) in [6.07, 6.45) is 1.50. The van der Waals surface area contributed by atoms with Crippen molar-refractivity contribution in [1.29, 1.82) is 0 Å². The molecule has 3 aromatic carbocycles. The van der Waals surface area contributed by atoms with Gasteiger partial charge in [-0.3, -0.25) is 14.9 Å². The summed E-state index contributed by atoms with van der Waals surface area (Å²) in [5.41, 5.74) is 4.02. The van der Waals surface area contributed by atoms with Crippen molar-refractivity contribution in [1.82, 2.24) is 5.32 Å². The van der Waals surface area contributed by atoms with E-state index in [1.54, 1.807) is 18.2 Å². The van der Waals surface area contributed by atoms with Gasteiger partial charge in [-0.25, -0.2) is 9.69 Å². The molecule has 4 amide bonds. The fourth-order valence-electron chi connectivity index (χ4n) is 3.47. The van der Waals surface area contributed by atoms with Gasteiger partial charge < -0.3 is 4.74 Å². The zero-order chi connectivity index (χ0) is 25.3. The normalized spacial score (nSPS) is 14.9. The summed E-state index contributed by atoms with van der Waals surface area (Å²) in [5, 5.41) is 2.26. The topological polar surface area (TPSA) is 75.7 Å². The minimum absolute atomic E-state index is 0.120. The third-order valence-corrected chi connectivity index (χ3v) is 7.83. The molecule has 6 nitrogen and oxygen atoms in total. The Labute approximate surface area is 238 Å². The Bertz CT molecular complexity index is 1360. The molecule has 9 heteroatoms. The van der Waals surface area contributed by atoms with Crippen LogP contribution < -0.4 is 15.0 Å². The number of imide groups is 2. The van der Waals surface area contributed by atoms with Crippen LogP contribution in [-0.4, -0.2) is 17.8 Å². The number of carbonyl (C=O) groups excluding carboxylic acids is 3. The van der Waals surface area contributed by atoms with Crippen molar-refractivity contribution in [2.75, 3.05) is 4.90 Å². The highest BCUT2D eigenvalue weighted by Gasteiger charge is 2.37. The Morgan fingerprint density at radius 1 is 0.971 bits per heavy atom. The van der Waals surface area contributed by atoms with Crippen molar-refractivity contribution in [3.05, 3.63) is 94.0 Å². The van der Waals surface area contributed by atoms with Crippen LogP contribution in [0.2, 0.25) is 0 Å². The number of hydrogen-bond donors (Lipinski definition) is 1. The van der Waals surface area contributed by atoms with Crippen molar-refractivity contribution >= 4 is 90.7 Å². The Hall–Kier alpha value is -2.25. The van der Waals surface area contributed by atoms with Crippen LogP contribution in [0.1, 0.15) is 22.3 Å². The number of barbiturate groups is 1. The van der Waals surface area contributed by atoms with Gasteiger partial charge in [0.05, 0.1) is 12.8 Å². The second-order valence-electron chi connectivity index (χ2n) is 7.98. The molecule has 0 radical (unpaired) electrons. The Morgan fingerprint density at radius 3 is 2.26 bits per heavy atom. The van der Waals surface area contributed by atoms with Gasteiger partial charge in [-0.2, -0.15) is 0 Å². The summed E-state index contributed by atoms with van der Waals surface area (Å²) in [7, 11) is 0. The molecule has 0 bridgehead atoms. The van der Waals surface area contributed by atoms with Gasteiger partial charge in [0.25, 0.3) is 11.8 Å². The number of urea groups is 1. The lowest BCUT2D eigenvalue weighted by Crippen LogP contribution is -2.54. The number of rotatable bonds is 5. The number of ether oxygens (including phenoxy) is 1. The molecule has 0 saturated carbocycles. The van der Waals surface area contributed by atoms with Gasteiger partial charge in [0, 0.05) is 4.47 Å². The number of amides is 4. The van der Waals surface area contributed by atoms with Gasteiger partial charge in [0.1, 0.15) is 17.9 Å². The van der Waals surface area contributed by atoms with E-state index >= 15 is 0 Å². The number of halogens is 3. The van der Waals surface area contributed by atoms with Crippen molar-refractivity contribution < 1.29 is 19.1 Å². The van der Waals surface area contributed by atoms with E-state index in [4.69, 9.17) is 4.74 Å². The number of anilines is 1. The maximum absolute atomic E-state index is 13.2. The lowest BCUT2D eigenvalue weighted by Gasteiger charge is -2.26. The average molecular weight is 757 g/mol. The average Bonchev–Trinajstić information content (AvgIpc) is 2.79. The predicted molar refractivity (Wildman–Crippen MR) is 155 cm³/mol. The largest absolute Gasteiger partial charge is 0.487 e. The first-order valence-electron chi connectivity index (χ1n) is 10.5. The van der Waals surface area contributed by atoms with Crippen molar-refractivity contribution in [2.45, 2.75) is 20.5 Å². The quantitative estimate of drug-likeness (QED) is 0.183. The monoisotopic (exact) mass is 756 g/mol. The second kappa shape index (κ2) is 10.8. The van der Waals surface area contributed by atoms with E-state index in [-0.39, 0.29) is 5.57 Å². The number of hydrogen-bond acceptors (Lipinski definition) is 4. The van der Waals surface area contributed by atoms with Gasteiger partial charge in [-0.15, -0.1) is 0 Å². The molecule has 1 aliphatic heterocycles.